The summed E-state index contributed by atoms with van der Waals surface area (Å²) in [5.41, 5.74) is 2.17. The number of allylic oxidation sites excluding steroid dienone is 1. The van der Waals surface area contributed by atoms with Crippen LogP contribution in [0, 0.1) is 0 Å². The second-order valence-corrected chi connectivity index (χ2v) is 6.01. The standard InChI is InChI=1S/C21H21NO4/c1-25-19-11-9-15(13-20(19)26-2)8-10-18(23)16-5-3-6-17(14-16)22-12-4-7-21(22)24/h3,5-6,8-11,13-14H,4,7,12H2,1-2H3/b10-8+. The highest BCUT2D eigenvalue weighted by molar-refractivity contribution is 6.08. The fourth-order valence-corrected chi connectivity index (χ4v) is 2.97. The molecule has 1 fully saturated rings. The number of methoxy groups -OCH3 is 2. The van der Waals surface area contributed by atoms with Gasteiger partial charge in [0.1, 0.15) is 0 Å². The van der Waals surface area contributed by atoms with Crippen molar-refractivity contribution < 1.29 is 19.1 Å². The lowest BCUT2D eigenvalue weighted by molar-refractivity contribution is -0.117. The van der Waals surface area contributed by atoms with E-state index in [0.717, 1.165) is 17.7 Å². The minimum atomic E-state index is -0.117. The number of anilines is 1. The van der Waals surface area contributed by atoms with Gasteiger partial charge in [-0.1, -0.05) is 24.3 Å². The Balaban J connectivity index is 1.78. The number of nitrogens with zero attached hydrogens (tertiary/aromatic N) is 1. The van der Waals surface area contributed by atoms with E-state index in [1.54, 1.807) is 49.5 Å². The van der Waals surface area contributed by atoms with Gasteiger partial charge in [0.05, 0.1) is 14.2 Å². The van der Waals surface area contributed by atoms with Crippen molar-refractivity contribution in [3.63, 3.8) is 0 Å². The fraction of sp³-hybridized carbons (Fsp3) is 0.238. The highest BCUT2D eigenvalue weighted by Gasteiger charge is 2.22. The van der Waals surface area contributed by atoms with Crippen LogP contribution in [-0.4, -0.2) is 32.5 Å². The fourth-order valence-electron chi connectivity index (χ4n) is 2.97. The maximum atomic E-state index is 12.5. The summed E-state index contributed by atoms with van der Waals surface area (Å²) in [6.07, 6.45) is 4.68. The molecule has 0 aromatic heterocycles. The third-order valence-electron chi connectivity index (χ3n) is 4.35. The summed E-state index contributed by atoms with van der Waals surface area (Å²) in [4.78, 5) is 26.1. The molecule has 1 saturated heterocycles. The lowest BCUT2D eigenvalue weighted by atomic mass is 10.1. The predicted octanol–water partition coefficient (Wildman–Crippen LogP) is 3.73. The lowest BCUT2D eigenvalue weighted by Gasteiger charge is -2.16. The van der Waals surface area contributed by atoms with E-state index in [2.05, 4.69) is 0 Å². The van der Waals surface area contributed by atoms with E-state index < -0.39 is 0 Å². The Kier molecular flexibility index (Phi) is 5.37. The average Bonchev–Trinajstić information content (AvgIpc) is 3.11. The summed E-state index contributed by atoms with van der Waals surface area (Å²) in [5.74, 6) is 1.24. The Morgan fingerprint density at radius 2 is 1.88 bits per heavy atom. The molecule has 0 saturated carbocycles. The zero-order valence-electron chi connectivity index (χ0n) is 14.9. The third kappa shape index (κ3) is 3.77. The molecule has 1 aliphatic heterocycles. The van der Waals surface area contributed by atoms with Gasteiger partial charge in [-0.3, -0.25) is 9.59 Å². The number of rotatable bonds is 6. The third-order valence-corrected chi connectivity index (χ3v) is 4.35. The van der Waals surface area contributed by atoms with Crippen molar-refractivity contribution in [1.82, 2.24) is 0 Å². The van der Waals surface area contributed by atoms with E-state index in [9.17, 15) is 9.59 Å². The number of amides is 1. The Morgan fingerprint density at radius 1 is 1.08 bits per heavy atom. The van der Waals surface area contributed by atoms with Crippen molar-refractivity contribution in [1.29, 1.82) is 0 Å². The van der Waals surface area contributed by atoms with Gasteiger partial charge < -0.3 is 14.4 Å². The molecule has 134 valence electrons. The van der Waals surface area contributed by atoms with E-state index in [0.29, 0.717) is 30.0 Å². The van der Waals surface area contributed by atoms with Crippen LogP contribution in [0.15, 0.2) is 48.5 Å². The zero-order chi connectivity index (χ0) is 18.5. The quantitative estimate of drug-likeness (QED) is 0.588. The first kappa shape index (κ1) is 17.7. The molecule has 0 N–H and O–H groups in total. The van der Waals surface area contributed by atoms with Gasteiger partial charge in [0.25, 0.3) is 0 Å². The van der Waals surface area contributed by atoms with Gasteiger partial charge in [-0.2, -0.15) is 0 Å². The van der Waals surface area contributed by atoms with Crippen molar-refractivity contribution in [3.8, 4) is 11.5 Å². The van der Waals surface area contributed by atoms with E-state index >= 15 is 0 Å². The summed E-state index contributed by atoms with van der Waals surface area (Å²) in [7, 11) is 3.15. The molecule has 0 unspecified atom stereocenters. The highest BCUT2D eigenvalue weighted by atomic mass is 16.5. The van der Waals surface area contributed by atoms with Crippen LogP contribution >= 0.6 is 0 Å². The molecule has 5 heteroatoms. The van der Waals surface area contributed by atoms with Gasteiger partial charge >= 0.3 is 0 Å². The molecule has 0 spiro atoms. The van der Waals surface area contributed by atoms with Crippen LogP contribution in [-0.2, 0) is 4.79 Å². The minimum absolute atomic E-state index is 0.107. The molecule has 0 aliphatic carbocycles. The van der Waals surface area contributed by atoms with Crippen molar-refractivity contribution in [2.24, 2.45) is 0 Å². The smallest absolute Gasteiger partial charge is 0.227 e. The first-order valence-electron chi connectivity index (χ1n) is 8.47. The van der Waals surface area contributed by atoms with Crippen molar-refractivity contribution in [2.75, 3.05) is 25.7 Å². The molecule has 1 aliphatic rings. The second kappa shape index (κ2) is 7.87. The summed E-state index contributed by atoms with van der Waals surface area (Å²) in [6, 6.07) is 12.6. The van der Waals surface area contributed by atoms with Crippen LogP contribution in [0.1, 0.15) is 28.8 Å². The van der Waals surface area contributed by atoms with Crippen LogP contribution in [0.4, 0.5) is 5.69 Å². The molecule has 2 aromatic rings. The number of ketones is 1. The predicted molar refractivity (Wildman–Crippen MR) is 101 cm³/mol. The molecule has 2 aromatic carbocycles. The van der Waals surface area contributed by atoms with E-state index in [4.69, 9.17) is 9.47 Å². The van der Waals surface area contributed by atoms with Crippen LogP contribution in [0.3, 0.4) is 0 Å². The number of carbonyl (C=O) groups excluding carboxylic acids is 2. The molecular weight excluding hydrogens is 330 g/mol. The molecule has 0 atom stereocenters. The highest BCUT2D eigenvalue weighted by Crippen LogP contribution is 2.28. The largest absolute Gasteiger partial charge is 0.493 e. The van der Waals surface area contributed by atoms with Gasteiger partial charge in [-0.25, -0.2) is 0 Å². The molecule has 0 radical (unpaired) electrons. The molecule has 5 nitrogen and oxygen atoms in total. The first-order chi connectivity index (χ1) is 12.6. The van der Waals surface area contributed by atoms with Crippen molar-refractivity contribution in [2.45, 2.75) is 12.8 Å². The maximum Gasteiger partial charge on any atom is 0.227 e. The summed E-state index contributed by atoms with van der Waals surface area (Å²) in [6.45, 7) is 0.706. The van der Waals surface area contributed by atoms with Crippen molar-refractivity contribution >= 4 is 23.5 Å². The van der Waals surface area contributed by atoms with Gasteiger partial charge in [0, 0.05) is 24.2 Å². The normalized spacial score (nSPS) is 14.1. The second-order valence-electron chi connectivity index (χ2n) is 6.01. The van der Waals surface area contributed by atoms with Gasteiger partial charge in [-0.15, -0.1) is 0 Å². The number of hydrogen-bond donors (Lipinski definition) is 0. The van der Waals surface area contributed by atoms with E-state index in [1.807, 2.05) is 18.2 Å². The minimum Gasteiger partial charge on any atom is -0.493 e. The SMILES string of the molecule is COc1ccc(/C=C/C(=O)c2cccc(N3CCCC3=O)c2)cc1OC. The molecule has 0 bridgehead atoms. The maximum absolute atomic E-state index is 12.5. The topological polar surface area (TPSA) is 55.8 Å². The summed E-state index contributed by atoms with van der Waals surface area (Å²) in [5, 5.41) is 0. The van der Waals surface area contributed by atoms with Gasteiger partial charge in [0.2, 0.25) is 5.91 Å². The number of carbonyl (C=O) groups is 2. The van der Waals surface area contributed by atoms with E-state index in [-0.39, 0.29) is 11.7 Å². The lowest BCUT2D eigenvalue weighted by Crippen LogP contribution is -2.23. The molecule has 1 heterocycles. The Bertz CT molecular complexity index is 857. The monoisotopic (exact) mass is 351 g/mol. The van der Waals surface area contributed by atoms with E-state index in [1.165, 1.54) is 6.08 Å². The summed E-state index contributed by atoms with van der Waals surface area (Å²) >= 11 is 0. The van der Waals surface area contributed by atoms with Crippen LogP contribution in [0.2, 0.25) is 0 Å². The zero-order valence-corrected chi connectivity index (χ0v) is 14.9. The molecule has 3 rings (SSSR count). The number of ether oxygens (including phenoxy) is 2. The Morgan fingerprint density at radius 3 is 2.58 bits per heavy atom. The van der Waals surface area contributed by atoms with Crippen molar-refractivity contribution in [3.05, 3.63) is 59.7 Å². The van der Waals surface area contributed by atoms with Crippen LogP contribution < -0.4 is 14.4 Å². The Labute approximate surface area is 152 Å². The van der Waals surface area contributed by atoms with Gasteiger partial charge in [0.15, 0.2) is 17.3 Å². The Hall–Kier alpha value is -3.08. The molecular formula is C21H21NO4. The van der Waals surface area contributed by atoms with Gasteiger partial charge in [-0.05, 0) is 42.3 Å². The number of benzene rings is 2. The average molecular weight is 351 g/mol. The molecule has 1 amide bonds. The van der Waals surface area contributed by atoms with Crippen LogP contribution in [0.25, 0.3) is 6.08 Å². The van der Waals surface area contributed by atoms with Crippen LogP contribution in [0.5, 0.6) is 11.5 Å². The number of hydrogen-bond acceptors (Lipinski definition) is 4. The first-order valence-corrected chi connectivity index (χ1v) is 8.47. The summed E-state index contributed by atoms with van der Waals surface area (Å²) < 4.78 is 10.5. The molecule has 26 heavy (non-hydrogen) atoms.